The number of ether oxygens (including phenoxy) is 2. The van der Waals surface area contributed by atoms with Crippen molar-refractivity contribution in [3.8, 4) is 5.75 Å². The van der Waals surface area contributed by atoms with Gasteiger partial charge in [-0.1, -0.05) is 25.1 Å². The number of rotatable bonds is 6. The number of aryl methyl sites for hydroxylation is 1. The Morgan fingerprint density at radius 2 is 2.19 bits per heavy atom. The van der Waals surface area contributed by atoms with Crippen molar-refractivity contribution >= 4 is 0 Å². The van der Waals surface area contributed by atoms with Crippen LogP contribution in [0.1, 0.15) is 30.5 Å². The van der Waals surface area contributed by atoms with E-state index in [1.807, 2.05) is 25.1 Å². The van der Waals surface area contributed by atoms with Crippen molar-refractivity contribution in [3.63, 3.8) is 0 Å². The summed E-state index contributed by atoms with van der Waals surface area (Å²) in [5.41, 5.74) is 1.98. The van der Waals surface area contributed by atoms with E-state index in [2.05, 4.69) is 5.32 Å². The SMILES string of the molecule is CCNC(COCC(F)(F)F)c1cccc2c1OCCC2. The third-order valence-electron chi connectivity index (χ3n) is 3.34. The van der Waals surface area contributed by atoms with Crippen molar-refractivity contribution in [2.45, 2.75) is 32.0 Å². The van der Waals surface area contributed by atoms with Crippen LogP contribution in [0.4, 0.5) is 13.2 Å². The lowest BCUT2D eigenvalue weighted by molar-refractivity contribution is -0.175. The van der Waals surface area contributed by atoms with Crippen LogP contribution in [-0.2, 0) is 11.2 Å². The molecule has 0 radical (unpaired) electrons. The quantitative estimate of drug-likeness (QED) is 0.875. The zero-order chi connectivity index (χ0) is 15.3. The number of para-hydroxylation sites is 1. The van der Waals surface area contributed by atoms with Gasteiger partial charge in [-0.15, -0.1) is 0 Å². The zero-order valence-corrected chi connectivity index (χ0v) is 12.0. The van der Waals surface area contributed by atoms with Crippen molar-refractivity contribution in [2.24, 2.45) is 0 Å². The highest BCUT2D eigenvalue weighted by atomic mass is 19.4. The minimum absolute atomic E-state index is 0.0346. The molecule has 2 rings (SSSR count). The smallest absolute Gasteiger partial charge is 0.411 e. The summed E-state index contributed by atoms with van der Waals surface area (Å²) in [7, 11) is 0. The molecule has 0 saturated heterocycles. The zero-order valence-electron chi connectivity index (χ0n) is 12.0. The summed E-state index contributed by atoms with van der Waals surface area (Å²) in [6, 6.07) is 5.49. The Balaban J connectivity index is 2.10. The van der Waals surface area contributed by atoms with E-state index in [1.54, 1.807) is 0 Å². The minimum atomic E-state index is -4.30. The van der Waals surface area contributed by atoms with Gasteiger partial charge in [0, 0.05) is 5.56 Å². The van der Waals surface area contributed by atoms with E-state index >= 15 is 0 Å². The van der Waals surface area contributed by atoms with E-state index < -0.39 is 12.8 Å². The predicted molar refractivity (Wildman–Crippen MR) is 73.5 cm³/mol. The Bertz CT molecular complexity index is 463. The highest BCUT2D eigenvalue weighted by molar-refractivity contribution is 5.44. The van der Waals surface area contributed by atoms with Crippen molar-refractivity contribution in [3.05, 3.63) is 29.3 Å². The van der Waals surface area contributed by atoms with Crippen LogP contribution in [0.5, 0.6) is 5.75 Å². The Kier molecular flexibility index (Phi) is 5.47. The second-order valence-electron chi connectivity index (χ2n) is 5.03. The molecular formula is C15H20F3NO2. The van der Waals surface area contributed by atoms with Gasteiger partial charge in [-0.3, -0.25) is 0 Å². The van der Waals surface area contributed by atoms with Crippen molar-refractivity contribution in [1.82, 2.24) is 5.32 Å². The Labute approximate surface area is 122 Å². The molecule has 21 heavy (non-hydrogen) atoms. The lowest BCUT2D eigenvalue weighted by Crippen LogP contribution is -2.29. The molecule has 1 aromatic carbocycles. The average Bonchev–Trinajstić information content (AvgIpc) is 2.44. The van der Waals surface area contributed by atoms with Gasteiger partial charge in [0.1, 0.15) is 12.4 Å². The molecule has 0 fully saturated rings. The number of alkyl halides is 3. The summed E-state index contributed by atoms with van der Waals surface area (Å²) < 4.78 is 47.1. The molecule has 0 aliphatic carbocycles. The Morgan fingerprint density at radius 1 is 1.38 bits per heavy atom. The number of halogens is 3. The molecule has 1 heterocycles. The molecule has 1 unspecified atom stereocenters. The molecule has 1 aliphatic rings. The Morgan fingerprint density at radius 3 is 2.90 bits per heavy atom. The molecule has 1 N–H and O–H groups in total. The van der Waals surface area contributed by atoms with Crippen LogP contribution >= 0.6 is 0 Å². The molecule has 118 valence electrons. The van der Waals surface area contributed by atoms with Crippen molar-refractivity contribution in [2.75, 3.05) is 26.4 Å². The molecule has 0 aromatic heterocycles. The molecule has 0 bridgehead atoms. The van der Waals surface area contributed by atoms with Gasteiger partial charge in [0.05, 0.1) is 19.3 Å². The standard InChI is InChI=1S/C15H20F3NO2/c1-2-19-13(9-20-10-15(16,17)18)12-7-3-5-11-6-4-8-21-14(11)12/h3,5,7,13,19H,2,4,6,8-10H2,1H3. The first-order valence-corrected chi connectivity index (χ1v) is 7.13. The molecular weight excluding hydrogens is 283 g/mol. The second-order valence-corrected chi connectivity index (χ2v) is 5.03. The Hall–Kier alpha value is -1.27. The van der Waals surface area contributed by atoms with Gasteiger partial charge in [-0.2, -0.15) is 13.2 Å². The van der Waals surface area contributed by atoms with Gasteiger partial charge in [0.2, 0.25) is 0 Å². The van der Waals surface area contributed by atoms with Crippen LogP contribution in [0, 0.1) is 0 Å². The molecule has 0 saturated carbocycles. The first-order valence-electron chi connectivity index (χ1n) is 7.13. The number of benzene rings is 1. The summed E-state index contributed by atoms with van der Waals surface area (Å²) in [6.45, 7) is 1.93. The summed E-state index contributed by atoms with van der Waals surface area (Å²) in [5.74, 6) is 0.797. The monoisotopic (exact) mass is 303 g/mol. The fraction of sp³-hybridized carbons (Fsp3) is 0.600. The molecule has 3 nitrogen and oxygen atoms in total. The van der Waals surface area contributed by atoms with E-state index in [4.69, 9.17) is 9.47 Å². The predicted octanol–water partition coefficient (Wildman–Crippen LogP) is 3.24. The molecule has 1 atom stereocenters. The summed E-state index contributed by atoms with van der Waals surface area (Å²) >= 11 is 0. The highest BCUT2D eigenvalue weighted by Crippen LogP contribution is 2.33. The van der Waals surface area contributed by atoms with Crippen LogP contribution in [-0.4, -0.2) is 32.5 Å². The number of fused-ring (bicyclic) bond motifs is 1. The van der Waals surface area contributed by atoms with Crippen LogP contribution in [0.25, 0.3) is 0 Å². The highest BCUT2D eigenvalue weighted by Gasteiger charge is 2.28. The van der Waals surface area contributed by atoms with Gasteiger partial charge in [-0.05, 0) is 24.9 Å². The molecule has 6 heteroatoms. The number of hydrogen-bond acceptors (Lipinski definition) is 3. The number of nitrogens with one attached hydrogen (secondary N) is 1. The molecule has 1 aliphatic heterocycles. The first-order chi connectivity index (χ1) is 10.0. The maximum Gasteiger partial charge on any atom is 0.411 e. The van der Waals surface area contributed by atoms with Gasteiger partial charge in [-0.25, -0.2) is 0 Å². The van der Waals surface area contributed by atoms with Crippen molar-refractivity contribution < 1.29 is 22.6 Å². The minimum Gasteiger partial charge on any atom is -0.493 e. The fourth-order valence-electron chi connectivity index (χ4n) is 2.49. The summed E-state index contributed by atoms with van der Waals surface area (Å²) in [4.78, 5) is 0. The first kappa shape index (κ1) is 16.1. The summed E-state index contributed by atoms with van der Waals surface area (Å²) in [5, 5.41) is 3.16. The van der Waals surface area contributed by atoms with Gasteiger partial charge < -0.3 is 14.8 Å². The van der Waals surface area contributed by atoms with Gasteiger partial charge in [0.25, 0.3) is 0 Å². The maximum atomic E-state index is 12.2. The van der Waals surface area contributed by atoms with E-state index in [1.165, 1.54) is 0 Å². The fourth-order valence-corrected chi connectivity index (χ4v) is 2.49. The lowest BCUT2D eigenvalue weighted by Gasteiger charge is -2.25. The molecule has 0 amide bonds. The van der Waals surface area contributed by atoms with Gasteiger partial charge >= 0.3 is 6.18 Å². The normalized spacial score (nSPS) is 16.2. The maximum absolute atomic E-state index is 12.2. The average molecular weight is 303 g/mol. The van der Waals surface area contributed by atoms with E-state index in [0.29, 0.717) is 13.2 Å². The largest absolute Gasteiger partial charge is 0.493 e. The topological polar surface area (TPSA) is 30.5 Å². The number of hydrogen-bond donors (Lipinski definition) is 1. The molecule has 0 spiro atoms. The van der Waals surface area contributed by atoms with E-state index in [9.17, 15) is 13.2 Å². The van der Waals surface area contributed by atoms with Crippen molar-refractivity contribution in [1.29, 1.82) is 0 Å². The lowest BCUT2D eigenvalue weighted by atomic mass is 9.98. The van der Waals surface area contributed by atoms with E-state index in [-0.39, 0.29) is 12.6 Å². The van der Waals surface area contributed by atoms with Crippen LogP contribution in [0.15, 0.2) is 18.2 Å². The third-order valence-corrected chi connectivity index (χ3v) is 3.34. The molecule has 1 aromatic rings. The second kappa shape index (κ2) is 7.13. The third kappa shape index (κ3) is 4.61. The number of likely N-dealkylation sites (N-methyl/N-ethyl adjacent to an activating group) is 1. The van der Waals surface area contributed by atoms with Crippen LogP contribution in [0.3, 0.4) is 0 Å². The van der Waals surface area contributed by atoms with Crippen LogP contribution in [0.2, 0.25) is 0 Å². The van der Waals surface area contributed by atoms with Gasteiger partial charge in [0.15, 0.2) is 0 Å². The van der Waals surface area contributed by atoms with E-state index in [0.717, 1.165) is 29.7 Å². The van der Waals surface area contributed by atoms with Crippen LogP contribution < -0.4 is 10.1 Å². The summed E-state index contributed by atoms with van der Waals surface area (Å²) in [6.07, 6.45) is -2.40.